The number of anilines is 1. The molecule has 0 aliphatic carbocycles. The quantitative estimate of drug-likeness (QED) is 0.804. The van der Waals surface area contributed by atoms with Gasteiger partial charge >= 0.3 is 0 Å². The van der Waals surface area contributed by atoms with E-state index in [1.165, 1.54) is 6.07 Å². The van der Waals surface area contributed by atoms with Crippen LogP contribution in [0, 0.1) is 12.7 Å². The average Bonchev–Trinajstić information content (AvgIpc) is 2.31. The molecule has 0 bridgehead atoms. The predicted octanol–water partition coefficient (Wildman–Crippen LogP) is 3.39. The lowest BCUT2D eigenvalue weighted by Crippen LogP contribution is -1.95. The van der Waals surface area contributed by atoms with Crippen molar-refractivity contribution in [1.29, 1.82) is 0 Å². The van der Waals surface area contributed by atoms with E-state index in [0.29, 0.717) is 17.0 Å². The van der Waals surface area contributed by atoms with Crippen molar-refractivity contribution >= 4 is 5.69 Å². The zero-order chi connectivity index (χ0) is 12.4. The number of benzene rings is 2. The van der Waals surface area contributed by atoms with E-state index in [1.54, 1.807) is 37.4 Å². The fourth-order valence-electron chi connectivity index (χ4n) is 1.86. The first-order valence-electron chi connectivity index (χ1n) is 5.32. The van der Waals surface area contributed by atoms with Crippen LogP contribution in [-0.2, 0) is 0 Å². The summed E-state index contributed by atoms with van der Waals surface area (Å²) in [5, 5.41) is 0. The molecule has 3 heteroatoms. The molecule has 0 heterocycles. The number of hydrogen-bond donors (Lipinski definition) is 1. The van der Waals surface area contributed by atoms with E-state index >= 15 is 0 Å². The third-order valence-electron chi connectivity index (χ3n) is 2.74. The molecule has 17 heavy (non-hydrogen) atoms. The average molecular weight is 231 g/mol. The van der Waals surface area contributed by atoms with Gasteiger partial charge in [0, 0.05) is 5.56 Å². The molecule has 0 aliphatic heterocycles. The molecule has 0 saturated heterocycles. The van der Waals surface area contributed by atoms with Gasteiger partial charge in [0.2, 0.25) is 0 Å². The maximum atomic E-state index is 13.7. The zero-order valence-electron chi connectivity index (χ0n) is 9.83. The van der Waals surface area contributed by atoms with E-state index in [4.69, 9.17) is 10.5 Å². The third kappa shape index (κ3) is 2.09. The molecule has 2 aromatic rings. The number of aryl methyl sites for hydroxylation is 1. The number of halogens is 1. The van der Waals surface area contributed by atoms with Crippen molar-refractivity contribution in [2.24, 2.45) is 0 Å². The topological polar surface area (TPSA) is 35.2 Å². The lowest BCUT2D eigenvalue weighted by Gasteiger charge is -2.11. The smallest absolute Gasteiger partial charge is 0.142 e. The Morgan fingerprint density at radius 1 is 1.12 bits per heavy atom. The summed E-state index contributed by atoms with van der Waals surface area (Å²) in [6.45, 7) is 1.90. The standard InChI is InChI=1S/C14H14FNO/c1-9-7-13(16)14(17-2)8-11(9)10-5-3-4-6-12(10)15/h3-8H,16H2,1-2H3. The van der Waals surface area contributed by atoms with Crippen LogP contribution in [0.4, 0.5) is 10.1 Å². The minimum atomic E-state index is -0.248. The van der Waals surface area contributed by atoms with Crippen molar-refractivity contribution in [3.05, 3.63) is 47.8 Å². The first-order chi connectivity index (χ1) is 8.13. The van der Waals surface area contributed by atoms with Crippen LogP contribution < -0.4 is 10.5 Å². The summed E-state index contributed by atoms with van der Waals surface area (Å²) in [5.41, 5.74) is 8.64. The van der Waals surface area contributed by atoms with Crippen molar-refractivity contribution in [2.45, 2.75) is 6.92 Å². The molecule has 2 rings (SSSR count). The first-order valence-corrected chi connectivity index (χ1v) is 5.32. The van der Waals surface area contributed by atoms with Crippen molar-refractivity contribution in [3.63, 3.8) is 0 Å². The maximum Gasteiger partial charge on any atom is 0.142 e. The number of nitrogens with two attached hydrogens (primary N) is 1. The molecule has 0 aromatic heterocycles. The lowest BCUT2D eigenvalue weighted by atomic mass is 9.99. The molecule has 2 aromatic carbocycles. The third-order valence-corrected chi connectivity index (χ3v) is 2.74. The van der Waals surface area contributed by atoms with Gasteiger partial charge < -0.3 is 10.5 Å². The van der Waals surface area contributed by atoms with Gasteiger partial charge in [-0.3, -0.25) is 0 Å². The highest BCUT2D eigenvalue weighted by Crippen LogP contribution is 2.33. The Kier molecular flexibility index (Phi) is 3.00. The summed E-state index contributed by atoms with van der Waals surface area (Å²) in [5.74, 6) is 0.316. The van der Waals surface area contributed by atoms with Gasteiger partial charge in [-0.05, 0) is 36.2 Å². The highest BCUT2D eigenvalue weighted by atomic mass is 19.1. The maximum absolute atomic E-state index is 13.7. The summed E-state index contributed by atoms with van der Waals surface area (Å²) in [6, 6.07) is 10.2. The Hall–Kier alpha value is -2.03. The highest BCUT2D eigenvalue weighted by Gasteiger charge is 2.10. The summed E-state index contributed by atoms with van der Waals surface area (Å²) in [7, 11) is 1.55. The van der Waals surface area contributed by atoms with E-state index < -0.39 is 0 Å². The summed E-state index contributed by atoms with van der Waals surface area (Å²) in [4.78, 5) is 0. The number of rotatable bonds is 2. The SMILES string of the molecule is COc1cc(-c2ccccc2F)c(C)cc1N. The Labute approximate surface area is 99.8 Å². The number of hydrogen-bond acceptors (Lipinski definition) is 2. The summed E-state index contributed by atoms with van der Waals surface area (Å²) < 4.78 is 18.9. The van der Waals surface area contributed by atoms with Crippen LogP contribution in [-0.4, -0.2) is 7.11 Å². The second-order valence-electron chi connectivity index (χ2n) is 3.89. The fraction of sp³-hybridized carbons (Fsp3) is 0.143. The van der Waals surface area contributed by atoms with Gasteiger partial charge in [0.25, 0.3) is 0 Å². The molecular formula is C14H14FNO. The Morgan fingerprint density at radius 2 is 1.82 bits per heavy atom. The van der Waals surface area contributed by atoms with Gasteiger partial charge in [-0.25, -0.2) is 4.39 Å². The second kappa shape index (κ2) is 4.45. The first kappa shape index (κ1) is 11.5. The van der Waals surface area contributed by atoms with E-state index in [-0.39, 0.29) is 5.82 Å². The molecule has 0 fully saturated rings. The molecule has 2 nitrogen and oxygen atoms in total. The van der Waals surface area contributed by atoms with Gasteiger partial charge in [0.05, 0.1) is 12.8 Å². The largest absolute Gasteiger partial charge is 0.495 e. The van der Waals surface area contributed by atoms with Crippen molar-refractivity contribution in [1.82, 2.24) is 0 Å². The highest BCUT2D eigenvalue weighted by molar-refractivity contribution is 5.73. The van der Waals surface area contributed by atoms with Crippen LogP contribution in [0.5, 0.6) is 5.75 Å². The fourth-order valence-corrected chi connectivity index (χ4v) is 1.86. The molecule has 0 radical (unpaired) electrons. The van der Waals surface area contributed by atoms with Crippen LogP contribution in [0.25, 0.3) is 11.1 Å². The predicted molar refractivity (Wildman–Crippen MR) is 67.5 cm³/mol. The lowest BCUT2D eigenvalue weighted by molar-refractivity contribution is 0.417. The van der Waals surface area contributed by atoms with E-state index in [1.807, 2.05) is 6.92 Å². The van der Waals surface area contributed by atoms with Crippen molar-refractivity contribution in [2.75, 3.05) is 12.8 Å². The second-order valence-corrected chi connectivity index (χ2v) is 3.89. The van der Waals surface area contributed by atoms with E-state index in [9.17, 15) is 4.39 Å². The van der Waals surface area contributed by atoms with Gasteiger partial charge in [-0.2, -0.15) is 0 Å². The minimum absolute atomic E-state index is 0.248. The number of ether oxygens (including phenoxy) is 1. The Morgan fingerprint density at radius 3 is 2.47 bits per heavy atom. The van der Waals surface area contributed by atoms with E-state index in [0.717, 1.165) is 11.1 Å². The van der Waals surface area contributed by atoms with Crippen LogP contribution in [0.1, 0.15) is 5.56 Å². The van der Waals surface area contributed by atoms with Crippen LogP contribution >= 0.6 is 0 Å². The minimum Gasteiger partial charge on any atom is -0.495 e. The Balaban J connectivity index is 2.64. The van der Waals surface area contributed by atoms with Crippen LogP contribution in [0.15, 0.2) is 36.4 Å². The molecule has 88 valence electrons. The number of nitrogen functional groups attached to an aromatic ring is 1. The van der Waals surface area contributed by atoms with Crippen LogP contribution in [0.3, 0.4) is 0 Å². The van der Waals surface area contributed by atoms with Crippen LogP contribution in [0.2, 0.25) is 0 Å². The summed E-state index contributed by atoms with van der Waals surface area (Å²) >= 11 is 0. The molecule has 0 spiro atoms. The van der Waals surface area contributed by atoms with Gasteiger partial charge in [-0.15, -0.1) is 0 Å². The molecular weight excluding hydrogens is 217 g/mol. The van der Waals surface area contributed by atoms with Gasteiger partial charge in [0.1, 0.15) is 11.6 Å². The number of methoxy groups -OCH3 is 1. The zero-order valence-corrected chi connectivity index (χ0v) is 9.83. The van der Waals surface area contributed by atoms with Crippen molar-refractivity contribution < 1.29 is 9.13 Å². The van der Waals surface area contributed by atoms with Crippen molar-refractivity contribution in [3.8, 4) is 16.9 Å². The molecule has 0 atom stereocenters. The molecule has 0 unspecified atom stereocenters. The monoisotopic (exact) mass is 231 g/mol. The molecule has 0 aliphatic rings. The van der Waals surface area contributed by atoms with Gasteiger partial charge in [-0.1, -0.05) is 18.2 Å². The molecule has 2 N–H and O–H groups in total. The molecule has 0 saturated carbocycles. The Bertz CT molecular complexity index is 552. The van der Waals surface area contributed by atoms with Gasteiger partial charge in [0.15, 0.2) is 0 Å². The summed E-state index contributed by atoms with van der Waals surface area (Å²) in [6.07, 6.45) is 0. The van der Waals surface area contributed by atoms with E-state index in [2.05, 4.69) is 0 Å². The molecule has 0 amide bonds. The normalized spacial score (nSPS) is 10.3.